The second kappa shape index (κ2) is 18.0. The Morgan fingerprint density at radius 2 is 1.12 bits per heavy atom. The minimum atomic E-state index is -6.05. The molecule has 2 atom stereocenters. The maximum atomic E-state index is 13.3. The van der Waals surface area contributed by atoms with E-state index in [1.165, 1.54) is 30.2 Å². The van der Waals surface area contributed by atoms with E-state index < -0.39 is 84.7 Å². The Balaban J connectivity index is 0.000000265. The number of aryl methyl sites for hydroxylation is 4. The van der Waals surface area contributed by atoms with Gasteiger partial charge in [-0.25, -0.2) is 9.59 Å². The minimum absolute atomic E-state index is 0.0655. The van der Waals surface area contributed by atoms with Crippen molar-refractivity contribution in [2.45, 2.75) is 58.1 Å². The van der Waals surface area contributed by atoms with Crippen LogP contribution < -0.4 is 4.74 Å². The molecular weight excluding hydrogens is 825 g/mol. The first kappa shape index (κ1) is 45.9. The first-order chi connectivity index (χ1) is 28.0. The molecule has 320 valence electrons. The molecule has 2 amide bonds. The Morgan fingerprint density at radius 3 is 1.52 bits per heavy atom. The lowest BCUT2D eigenvalue weighted by molar-refractivity contribution is -0.385. The molecule has 2 aliphatic rings. The summed E-state index contributed by atoms with van der Waals surface area (Å²) in [6, 6.07) is 9.90. The lowest BCUT2D eigenvalue weighted by Gasteiger charge is -2.21. The van der Waals surface area contributed by atoms with Gasteiger partial charge in [0, 0.05) is 37.4 Å². The normalized spacial score (nSPS) is 16.2. The summed E-state index contributed by atoms with van der Waals surface area (Å²) in [7, 11) is -2.30. The van der Waals surface area contributed by atoms with E-state index in [-0.39, 0.29) is 17.7 Å². The lowest BCUT2D eigenvalue weighted by Crippen LogP contribution is -2.39. The van der Waals surface area contributed by atoms with E-state index in [2.05, 4.69) is 8.92 Å². The predicted octanol–water partition coefficient (Wildman–Crippen LogP) is 5.96. The largest absolute Gasteiger partial charge is 0.534 e. The molecular formula is C38H37F3N4O14S. The number of alkyl halides is 3. The average Bonchev–Trinajstić information content (AvgIpc) is 3.83. The molecule has 2 aliphatic heterocycles. The highest BCUT2D eigenvalue weighted by Gasteiger charge is 2.50. The maximum Gasteiger partial charge on any atom is 0.534 e. The monoisotopic (exact) mass is 862 g/mol. The quantitative estimate of drug-likeness (QED) is 0.0753. The number of rotatable bonds is 10. The van der Waals surface area contributed by atoms with Crippen LogP contribution in [0.1, 0.15) is 61.4 Å². The first-order valence-electron chi connectivity index (χ1n) is 17.3. The third-order valence-electron chi connectivity index (χ3n) is 9.51. The number of halogens is 3. The van der Waals surface area contributed by atoms with Crippen LogP contribution in [0.25, 0.3) is 5.57 Å². The highest BCUT2D eigenvalue weighted by molar-refractivity contribution is 7.87. The predicted molar refractivity (Wildman–Crippen MR) is 203 cm³/mol. The smallest absolute Gasteiger partial charge is 0.497 e. The average molecular weight is 863 g/mol. The van der Waals surface area contributed by atoms with E-state index in [4.69, 9.17) is 9.47 Å². The minimum Gasteiger partial charge on any atom is -0.497 e. The van der Waals surface area contributed by atoms with Gasteiger partial charge in [0.1, 0.15) is 34.7 Å². The molecule has 3 aromatic rings. The third kappa shape index (κ3) is 9.71. The van der Waals surface area contributed by atoms with Crippen LogP contribution in [0.5, 0.6) is 5.75 Å². The van der Waals surface area contributed by atoms with E-state index in [9.17, 15) is 61.0 Å². The number of amides is 2. The number of benzene rings is 3. The number of ether oxygens (including phenoxy) is 3. The number of esters is 2. The van der Waals surface area contributed by atoms with Crippen LogP contribution in [-0.4, -0.2) is 90.7 Å². The fraction of sp³-hybridized carbons (Fsp3) is 0.316. The molecule has 0 aliphatic carbocycles. The molecule has 0 N–H and O–H groups in total. The molecule has 18 nitrogen and oxygen atoms in total. The number of hydrogen-bond acceptors (Lipinski definition) is 14. The van der Waals surface area contributed by atoms with Crippen LogP contribution in [0, 0.1) is 47.9 Å². The number of nitro groups is 2. The summed E-state index contributed by atoms with van der Waals surface area (Å²) in [5.74, 6) is -3.60. The van der Waals surface area contributed by atoms with Crippen molar-refractivity contribution in [2.24, 2.45) is 0 Å². The van der Waals surface area contributed by atoms with Crippen molar-refractivity contribution in [1.29, 1.82) is 0 Å². The van der Waals surface area contributed by atoms with Crippen molar-refractivity contribution in [3.8, 4) is 5.75 Å². The molecule has 22 heteroatoms. The lowest BCUT2D eigenvalue weighted by atomic mass is 10.0. The van der Waals surface area contributed by atoms with Gasteiger partial charge in [0.25, 0.3) is 23.2 Å². The Hall–Kier alpha value is -6.84. The zero-order chi connectivity index (χ0) is 45.0. The molecule has 0 spiro atoms. The topological polar surface area (TPSA) is 232 Å². The zero-order valence-corrected chi connectivity index (χ0v) is 33.7. The van der Waals surface area contributed by atoms with Crippen molar-refractivity contribution in [3.05, 3.63) is 126 Å². The van der Waals surface area contributed by atoms with Gasteiger partial charge in [-0.05, 0) is 85.4 Å². The van der Waals surface area contributed by atoms with Crippen LogP contribution in [-0.2, 0) is 33.4 Å². The highest BCUT2D eigenvalue weighted by atomic mass is 32.2. The summed E-state index contributed by atoms with van der Waals surface area (Å²) in [6.45, 7) is 6.65. The summed E-state index contributed by atoms with van der Waals surface area (Å²) in [5, 5.41) is 22.9. The van der Waals surface area contributed by atoms with Gasteiger partial charge in [-0.1, -0.05) is 12.1 Å². The van der Waals surface area contributed by atoms with Crippen molar-refractivity contribution < 1.29 is 69.0 Å². The number of carbonyl (C=O) groups excluding carboxylic acids is 4. The van der Waals surface area contributed by atoms with Gasteiger partial charge in [-0.2, -0.15) is 21.6 Å². The second-order valence-corrected chi connectivity index (χ2v) is 14.8. The summed E-state index contributed by atoms with van der Waals surface area (Å²) in [5.41, 5.74) is -3.14. The van der Waals surface area contributed by atoms with Crippen LogP contribution in [0.2, 0.25) is 0 Å². The van der Waals surface area contributed by atoms with Crippen molar-refractivity contribution in [3.63, 3.8) is 0 Å². The maximum absolute atomic E-state index is 13.3. The van der Waals surface area contributed by atoms with Gasteiger partial charge in [-0.3, -0.25) is 39.6 Å². The van der Waals surface area contributed by atoms with E-state index in [1.54, 1.807) is 53.1 Å². The third-order valence-corrected chi connectivity index (χ3v) is 10.5. The Kier molecular flexibility index (Phi) is 13.7. The Bertz CT molecular complexity index is 2430. The molecule has 0 unspecified atom stereocenters. The first-order valence-corrected chi connectivity index (χ1v) is 18.8. The second-order valence-electron chi connectivity index (χ2n) is 13.3. The van der Waals surface area contributed by atoms with Gasteiger partial charge in [-0.15, -0.1) is 0 Å². The fourth-order valence-corrected chi connectivity index (χ4v) is 6.52. The number of carbonyl (C=O) groups is 4. The van der Waals surface area contributed by atoms with E-state index >= 15 is 0 Å². The van der Waals surface area contributed by atoms with Crippen LogP contribution in [0.4, 0.5) is 24.5 Å². The Morgan fingerprint density at radius 1 is 0.700 bits per heavy atom. The molecule has 0 saturated carbocycles. The molecule has 0 bridgehead atoms. The molecule has 60 heavy (non-hydrogen) atoms. The number of methoxy groups -OCH3 is 3. The van der Waals surface area contributed by atoms with Gasteiger partial charge in [0.05, 0.1) is 31.2 Å². The molecule has 0 fully saturated rings. The standard InChI is InChI=1S/C22H22N2O6.C16H15F3N2O8S/c1-13-9-18(19(24(27)28)10-14(13)2)21(25)23-12-16(11-20(23)22(26)30-4)15-5-7-17(29-3)8-6-15;1-8-4-11(12(21(24)25)5-9(8)2)14(22)20-7-10(6-13(20)15(23)28-3)29-30(26,27)16(17,18)19/h5-10,12,20H,11H2,1-4H3;4-5,7,13H,6H2,1-3H3/t20-;13-/m00/s1. The van der Waals surface area contributed by atoms with Gasteiger partial charge >= 0.3 is 27.6 Å². The fourth-order valence-electron chi connectivity index (χ4n) is 6.04. The SMILES string of the molecule is COC(=O)[C@@H]1CC(OS(=O)(=O)C(F)(F)F)=CN1C(=O)c1cc(C)c(C)cc1[N+](=O)[O-].COC(=O)[C@@H]1CC(c2ccc(OC)cc2)=CN1C(=O)c1cc(C)c(C)cc1[N+](=O)[O-]. The van der Waals surface area contributed by atoms with Crippen molar-refractivity contribution >= 4 is 50.8 Å². The molecule has 0 saturated heterocycles. The zero-order valence-electron chi connectivity index (χ0n) is 32.9. The number of nitro benzene ring substituents is 2. The molecule has 0 aromatic heterocycles. The molecule has 5 rings (SSSR count). The Labute approximate surface area is 340 Å². The van der Waals surface area contributed by atoms with Crippen molar-refractivity contribution in [2.75, 3.05) is 21.3 Å². The van der Waals surface area contributed by atoms with Gasteiger partial charge < -0.3 is 18.4 Å². The summed E-state index contributed by atoms with van der Waals surface area (Å²) in [6.07, 6.45) is 1.63. The van der Waals surface area contributed by atoms with Crippen LogP contribution in [0.3, 0.4) is 0 Å². The summed E-state index contributed by atoms with van der Waals surface area (Å²) < 4.78 is 78.7. The molecule has 0 radical (unpaired) electrons. The van der Waals surface area contributed by atoms with Crippen LogP contribution in [0.15, 0.2) is 66.7 Å². The van der Waals surface area contributed by atoms with Crippen LogP contribution >= 0.6 is 0 Å². The number of hydrogen-bond donors (Lipinski definition) is 0. The van der Waals surface area contributed by atoms with Gasteiger partial charge in [0.2, 0.25) is 0 Å². The highest BCUT2D eigenvalue weighted by Crippen LogP contribution is 2.36. The summed E-state index contributed by atoms with van der Waals surface area (Å²) in [4.78, 5) is 73.8. The van der Waals surface area contributed by atoms with Gasteiger partial charge in [0.15, 0.2) is 0 Å². The van der Waals surface area contributed by atoms with E-state index in [1.807, 2.05) is 12.1 Å². The molecule has 3 aromatic carbocycles. The van der Waals surface area contributed by atoms with Crippen molar-refractivity contribution in [1.82, 2.24) is 9.80 Å². The molecule has 2 heterocycles. The van der Waals surface area contributed by atoms with E-state index in [0.717, 1.165) is 29.9 Å². The van der Waals surface area contributed by atoms with E-state index in [0.29, 0.717) is 33.5 Å². The number of nitrogens with zero attached hydrogens (tertiary/aromatic N) is 4. The summed E-state index contributed by atoms with van der Waals surface area (Å²) >= 11 is 0.